The third-order valence-corrected chi connectivity index (χ3v) is 14.8. The summed E-state index contributed by atoms with van der Waals surface area (Å²) < 4.78 is 4.94. The SMILES string of the molecule is Cc1c(-n2c3ccccc3c3cc(N(c4ccccc4)c4ccccc4)ccc32)cc(-c2cc(-c3cncnc3)cc(-c3cncnc3)c2)cc1-n1c2ccccc2c2cc(N(c3ccccc3)c3ccccc3)ccc21. The molecule has 0 fully saturated rings. The van der Waals surface area contributed by atoms with Crippen LogP contribution < -0.4 is 9.80 Å². The molecular weight excluding hydrogens is 941 g/mol. The van der Waals surface area contributed by atoms with Crippen molar-refractivity contribution < 1.29 is 0 Å². The number of hydrogen-bond donors (Lipinski definition) is 0. The van der Waals surface area contributed by atoms with E-state index in [9.17, 15) is 0 Å². The van der Waals surface area contributed by atoms with E-state index in [0.29, 0.717) is 0 Å². The van der Waals surface area contributed by atoms with E-state index in [2.05, 4.69) is 282 Å². The number of para-hydroxylation sites is 6. The van der Waals surface area contributed by atoms with Crippen molar-refractivity contribution in [3.05, 3.63) is 280 Å². The van der Waals surface area contributed by atoms with Crippen LogP contribution in [0.5, 0.6) is 0 Å². The van der Waals surface area contributed by atoms with E-state index in [1.54, 1.807) is 12.7 Å². The van der Waals surface area contributed by atoms with Crippen molar-refractivity contribution in [2.24, 2.45) is 0 Å². The molecule has 0 aliphatic carbocycles. The predicted octanol–water partition coefficient (Wildman–Crippen LogP) is 17.7. The lowest BCUT2D eigenvalue weighted by atomic mass is 9.93. The van der Waals surface area contributed by atoms with Crippen LogP contribution in [0.4, 0.5) is 34.1 Å². The van der Waals surface area contributed by atoms with Crippen molar-refractivity contribution in [3.63, 3.8) is 0 Å². The highest BCUT2D eigenvalue weighted by Crippen LogP contribution is 2.45. The molecule has 8 nitrogen and oxygen atoms in total. The number of rotatable bonds is 11. The fraction of sp³-hybridized carbons (Fsp3) is 0.0145. The standard InChI is InChI=1S/C69H48N8/c1-47-68(76-64-28-16-14-26-60(64)62-39-58(30-32-66(62)76)74(54-18-6-2-7-19-54)55-20-8-3-9-21-55)37-51(48-34-49(52-41-70-45-71-42-52)36-50(35-48)53-43-72-46-73-44-53)38-69(47)77-65-29-17-15-27-61(65)63-40-59(31-33-67(63)77)75(56-22-10-4-11-23-56)57-24-12-5-13-25-57/h2-46H,1H3. The van der Waals surface area contributed by atoms with E-state index in [1.807, 2.05) is 24.8 Å². The highest BCUT2D eigenvalue weighted by molar-refractivity contribution is 6.13. The Morgan fingerprint density at radius 2 is 0.584 bits per heavy atom. The van der Waals surface area contributed by atoms with Gasteiger partial charge in [0, 0.05) is 91.6 Å². The van der Waals surface area contributed by atoms with E-state index in [-0.39, 0.29) is 0 Å². The van der Waals surface area contributed by atoms with E-state index < -0.39 is 0 Å². The van der Waals surface area contributed by atoms with Crippen molar-refractivity contribution in [3.8, 4) is 44.8 Å². The minimum atomic E-state index is 0.913. The van der Waals surface area contributed by atoms with Crippen LogP contribution in [0.15, 0.2) is 274 Å². The molecule has 4 aromatic heterocycles. The molecule has 14 rings (SSSR count). The van der Waals surface area contributed by atoms with Gasteiger partial charge < -0.3 is 18.9 Å². The Hall–Kier alpha value is -10.4. The van der Waals surface area contributed by atoms with Gasteiger partial charge in [-0.3, -0.25) is 0 Å². The average Bonchev–Trinajstić information content (AvgIpc) is 4.14. The van der Waals surface area contributed by atoms with Crippen LogP contribution in [0.25, 0.3) is 88.4 Å². The van der Waals surface area contributed by atoms with Gasteiger partial charge in [0.25, 0.3) is 0 Å². The highest BCUT2D eigenvalue weighted by atomic mass is 15.1. The van der Waals surface area contributed by atoms with E-state index >= 15 is 0 Å². The van der Waals surface area contributed by atoms with Crippen molar-refractivity contribution in [1.82, 2.24) is 29.1 Å². The van der Waals surface area contributed by atoms with Gasteiger partial charge in [-0.2, -0.15) is 0 Å². The summed E-state index contributed by atoms with van der Waals surface area (Å²) in [6.45, 7) is 2.28. The molecule has 364 valence electrons. The molecular formula is C69H48N8. The minimum Gasteiger partial charge on any atom is -0.310 e. The first-order chi connectivity index (χ1) is 38.1. The lowest BCUT2D eigenvalue weighted by Gasteiger charge is -2.26. The summed E-state index contributed by atoms with van der Waals surface area (Å²) in [7, 11) is 0. The zero-order chi connectivity index (χ0) is 51.2. The number of anilines is 6. The van der Waals surface area contributed by atoms with Gasteiger partial charge in [-0.15, -0.1) is 0 Å². The molecule has 0 aliphatic heterocycles. The molecule has 0 aliphatic rings. The maximum Gasteiger partial charge on any atom is 0.115 e. The van der Waals surface area contributed by atoms with E-state index in [1.165, 1.54) is 10.8 Å². The number of benzene rings is 10. The molecule has 4 heterocycles. The normalized spacial score (nSPS) is 11.4. The molecule has 14 aromatic rings. The monoisotopic (exact) mass is 988 g/mol. The Labute approximate surface area is 445 Å². The Kier molecular flexibility index (Phi) is 11.2. The summed E-state index contributed by atoms with van der Waals surface area (Å²) >= 11 is 0. The zero-order valence-corrected chi connectivity index (χ0v) is 42.1. The fourth-order valence-electron chi connectivity index (χ4n) is 11.3. The van der Waals surface area contributed by atoms with Crippen molar-refractivity contribution in [1.29, 1.82) is 0 Å². The van der Waals surface area contributed by atoms with Crippen LogP contribution in [0.1, 0.15) is 5.56 Å². The predicted molar refractivity (Wildman–Crippen MR) is 317 cm³/mol. The topological polar surface area (TPSA) is 67.9 Å². The lowest BCUT2D eigenvalue weighted by molar-refractivity contribution is 1.09. The summed E-state index contributed by atoms with van der Waals surface area (Å²) in [5.74, 6) is 0. The van der Waals surface area contributed by atoms with E-state index in [4.69, 9.17) is 0 Å². The maximum atomic E-state index is 4.44. The quantitative estimate of drug-likeness (QED) is 0.129. The number of fused-ring (bicyclic) bond motifs is 6. The van der Waals surface area contributed by atoms with Gasteiger partial charge in [0.15, 0.2) is 0 Å². The van der Waals surface area contributed by atoms with Gasteiger partial charge in [-0.25, -0.2) is 19.9 Å². The number of hydrogen-bond acceptors (Lipinski definition) is 6. The van der Waals surface area contributed by atoms with Gasteiger partial charge in [0.1, 0.15) is 12.7 Å². The van der Waals surface area contributed by atoms with Gasteiger partial charge in [0.2, 0.25) is 0 Å². The first kappa shape index (κ1) is 45.2. The van der Waals surface area contributed by atoms with Gasteiger partial charge in [0.05, 0.1) is 33.4 Å². The third kappa shape index (κ3) is 8.03. The second-order valence-electron chi connectivity index (χ2n) is 19.3. The smallest absolute Gasteiger partial charge is 0.115 e. The average molecular weight is 989 g/mol. The van der Waals surface area contributed by atoms with Crippen LogP contribution in [0.2, 0.25) is 0 Å². The summed E-state index contributed by atoms with van der Waals surface area (Å²) in [4.78, 5) is 22.4. The number of aromatic nitrogens is 6. The lowest BCUT2D eigenvalue weighted by Crippen LogP contribution is -2.09. The maximum absolute atomic E-state index is 4.44. The zero-order valence-electron chi connectivity index (χ0n) is 42.1. The molecule has 0 bridgehead atoms. The Morgan fingerprint density at radius 3 is 0.961 bits per heavy atom. The van der Waals surface area contributed by atoms with Gasteiger partial charge in [-0.05, 0) is 162 Å². The van der Waals surface area contributed by atoms with E-state index in [0.717, 1.165) is 117 Å². The second kappa shape index (κ2) is 19.1. The Morgan fingerprint density at radius 1 is 0.273 bits per heavy atom. The summed E-state index contributed by atoms with van der Waals surface area (Å²) in [5.41, 5.74) is 20.1. The molecule has 0 spiro atoms. The van der Waals surface area contributed by atoms with Crippen LogP contribution in [0, 0.1) is 6.92 Å². The molecule has 0 radical (unpaired) electrons. The minimum absolute atomic E-state index is 0.913. The molecule has 77 heavy (non-hydrogen) atoms. The Balaban J connectivity index is 1.04. The molecule has 0 saturated heterocycles. The van der Waals surface area contributed by atoms with Crippen LogP contribution in [-0.4, -0.2) is 29.1 Å². The Bertz CT molecular complexity index is 4090. The van der Waals surface area contributed by atoms with Crippen LogP contribution in [0.3, 0.4) is 0 Å². The van der Waals surface area contributed by atoms with Crippen LogP contribution in [-0.2, 0) is 0 Å². The van der Waals surface area contributed by atoms with Gasteiger partial charge >= 0.3 is 0 Å². The molecule has 0 saturated carbocycles. The van der Waals surface area contributed by atoms with Crippen LogP contribution >= 0.6 is 0 Å². The van der Waals surface area contributed by atoms with Crippen molar-refractivity contribution >= 4 is 77.7 Å². The fourth-order valence-corrected chi connectivity index (χ4v) is 11.3. The van der Waals surface area contributed by atoms with Gasteiger partial charge in [-0.1, -0.05) is 109 Å². The first-order valence-electron chi connectivity index (χ1n) is 25.8. The molecule has 0 N–H and O–H groups in total. The molecule has 0 atom stereocenters. The third-order valence-electron chi connectivity index (χ3n) is 14.8. The van der Waals surface area contributed by atoms with Crippen molar-refractivity contribution in [2.45, 2.75) is 6.92 Å². The van der Waals surface area contributed by atoms with Crippen molar-refractivity contribution in [2.75, 3.05) is 9.80 Å². The summed E-state index contributed by atoms with van der Waals surface area (Å²) in [5, 5.41) is 4.65. The summed E-state index contributed by atoms with van der Waals surface area (Å²) in [6, 6.07) is 85.3. The summed E-state index contributed by atoms with van der Waals surface area (Å²) in [6.07, 6.45) is 10.6. The molecule has 0 unspecified atom stereocenters. The molecule has 8 heteroatoms. The highest BCUT2D eigenvalue weighted by Gasteiger charge is 2.24. The largest absolute Gasteiger partial charge is 0.310 e. The first-order valence-corrected chi connectivity index (χ1v) is 25.8. The molecule has 0 amide bonds. The number of nitrogens with zero attached hydrogens (tertiary/aromatic N) is 8. The molecule has 10 aromatic carbocycles. The second-order valence-corrected chi connectivity index (χ2v) is 19.3.